The lowest BCUT2D eigenvalue weighted by atomic mass is 9.87. The number of aromatic nitrogens is 5. The molecule has 4 N–H and O–H groups in total. The highest BCUT2D eigenvalue weighted by molar-refractivity contribution is 9.10. The monoisotopic (exact) mass is 593 g/mol. The zero-order valence-corrected chi connectivity index (χ0v) is 23.1. The van der Waals surface area contributed by atoms with Gasteiger partial charge in [0.1, 0.15) is 10.9 Å². The average Bonchev–Trinajstić information content (AvgIpc) is 3.63. The average molecular weight is 594 g/mol. The SMILES string of the molecule is CNC(=O)[C@]1(C)CC[C@@H](Nc2ncc3c(Br)nn(-c4ccc(-c5ncco5)c(NC(=O)C5CNC5)c4)c3n2)C1. The summed E-state index contributed by atoms with van der Waals surface area (Å²) in [4.78, 5) is 38.7. The molecule has 2 amide bonds. The minimum atomic E-state index is -0.414. The maximum atomic E-state index is 12.8. The Labute approximate surface area is 232 Å². The van der Waals surface area contributed by atoms with E-state index in [1.807, 2.05) is 25.1 Å². The van der Waals surface area contributed by atoms with Crippen LogP contribution in [0.4, 0.5) is 11.6 Å². The Bertz CT molecular complexity index is 1550. The number of fused-ring (bicyclic) bond motifs is 1. The Kier molecular flexibility index (Phi) is 6.55. The van der Waals surface area contributed by atoms with E-state index in [-0.39, 0.29) is 23.8 Å². The summed E-state index contributed by atoms with van der Waals surface area (Å²) in [5.41, 5.74) is 2.11. The normalized spacial score (nSPS) is 21.1. The first-order valence-electron chi connectivity index (χ1n) is 12.8. The molecule has 39 heavy (non-hydrogen) atoms. The molecule has 202 valence electrons. The fourth-order valence-electron chi connectivity index (χ4n) is 5.19. The zero-order chi connectivity index (χ0) is 27.1. The van der Waals surface area contributed by atoms with E-state index in [0.717, 1.165) is 18.2 Å². The van der Waals surface area contributed by atoms with E-state index < -0.39 is 5.41 Å². The summed E-state index contributed by atoms with van der Waals surface area (Å²) in [5.74, 6) is 0.760. The van der Waals surface area contributed by atoms with Crippen LogP contribution in [0.25, 0.3) is 28.2 Å². The molecule has 0 spiro atoms. The van der Waals surface area contributed by atoms with Crippen LogP contribution in [0.3, 0.4) is 0 Å². The van der Waals surface area contributed by atoms with Gasteiger partial charge in [0.2, 0.25) is 23.7 Å². The third-order valence-corrected chi connectivity index (χ3v) is 8.14. The lowest BCUT2D eigenvalue weighted by Crippen LogP contribution is -2.48. The summed E-state index contributed by atoms with van der Waals surface area (Å²) < 4.78 is 7.82. The van der Waals surface area contributed by atoms with E-state index in [1.54, 1.807) is 24.1 Å². The van der Waals surface area contributed by atoms with Crippen molar-refractivity contribution in [3.05, 3.63) is 41.5 Å². The number of halogens is 1. The van der Waals surface area contributed by atoms with E-state index in [4.69, 9.17) is 9.40 Å². The number of amides is 2. The van der Waals surface area contributed by atoms with Gasteiger partial charge in [-0.3, -0.25) is 9.59 Å². The second-order valence-electron chi connectivity index (χ2n) is 10.3. The standard InChI is InChI=1S/C26H28BrN9O3/c1-26(24(38)28-2)6-5-15(10-26)32-25-31-13-18-20(27)35-36(21(18)34-25)16-3-4-17(23-30-7-8-39-23)19(9-16)33-22(37)14-11-29-12-14/h3-4,7-9,13-15,29H,5-6,10-12H2,1-2H3,(H,28,38)(H,33,37)(H,31,32,34)/t15-,26-/m1/s1. The third kappa shape index (κ3) is 4.76. The molecule has 2 fully saturated rings. The maximum Gasteiger partial charge on any atom is 0.230 e. The van der Waals surface area contributed by atoms with Crippen LogP contribution in [0.2, 0.25) is 0 Å². The van der Waals surface area contributed by atoms with Gasteiger partial charge in [0.25, 0.3) is 0 Å². The predicted octanol–water partition coefficient (Wildman–Crippen LogP) is 3.11. The molecular formula is C26H28BrN9O3. The minimum absolute atomic E-state index is 0.0508. The Morgan fingerprint density at radius 2 is 2.10 bits per heavy atom. The molecule has 0 bridgehead atoms. The van der Waals surface area contributed by atoms with Gasteiger partial charge in [-0.05, 0) is 53.4 Å². The molecule has 6 rings (SSSR count). The Balaban J connectivity index is 1.33. The second-order valence-corrected chi connectivity index (χ2v) is 11.0. The number of nitrogens with one attached hydrogen (secondary N) is 4. The number of nitrogens with zero attached hydrogens (tertiary/aromatic N) is 5. The van der Waals surface area contributed by atoms with E-state index in [2.05, 4.69) is 52.3 Å². The van der Waals surface area contributed by atoms with Gasteiger partial charge in [-0.15, -0.1) is 0 Å². The molecule has 1 aliphatic heterocycles. The van der Waals surface area contributed by atoms with Crippen molar-refractivity contribution in [1.82, 2.24) is 35.4 Å². The fraction of sp³-hybridized carbons (Fsp3) is 0.385. The Hall–Kier alpha value is -3.84. The lowest BCUT2D eigenvalue weighted by Gasteiger charge is -2.26. The molecule has 1 aliphatic carbocycles. The Morgan fingerprint density at radius 3 is 2.82 bits per heavy atom. The summed E-state index contributed by atoms with van der Waals surface area (Å²) >= 11 is 3.53. The smallest absolute Gasteiger partial charge is 0.230 e. The number of benzene rings is 1. The van der Waals surface area contributed by atoms with E-state index >= 15 is 0 Å². The minimum Gasteiger partial charge on any atom is -0.444 e. The van der Waals surface area contributed by atoms with Crippen LogP contribution in [-0.4, -0.2) is 62.7 Å². The molecule has 0 radical (unpaired) electrons. The lowest BCUT2D eigenvalue weighted by molar-refractivity contribution is -0.129. The predicted molar refractivity (Wildman–Crippen MR) is 148 cm³/mol. The topological polar surface area (TPSA) is 152 Å². The zero-order valence-electron chi connectivity index (χ0n) is 21.5. The summed E-state index contributed by atoms with van der Waals surface area (Å²) in [6.07, 6.45) is 7.11. The van der Waals surface area contributed by atoms with Crippen LogP contribution < -0.4 is 21.3 Å². The van der Waals surface area contributed by atoms with Crippen molar-refractivity contribution in [2.75, 3.05) is 30.8 Å². The number of carbonyl (C=O) groups is 2. The van der Waals surface area contributed by atoms with Gasteiger partial charge < -0.3 is 25.7 Å². The van der Waals surface area contributed by atoms with Crippen LogP contribution in [0, 0.1) is 11.3 Å². The Morgan fingerprint density at radius 1 is 1.26 bits per heavy atom. The van der Waals surface area contributed by atoms with Gasteiger partial charge in [0.15, 0.2) is 5.65 Å². The first-order valence-corrected chi connectivity index (χ1v) is 13.6. The summed E-state index contributed by atoms with van der Waals surface area (Å²) in [6.45, 7) is 3.28. The van der Waals surface area contributed by atoms with Gasteiger partial charge in [-0.25, -0.2) is 14.6 Å². The van der Waals surface area contributed by atoms with Crippen LogP contribution in [0.15, 0.2) is 45.9 Å². The molecule has 2 aliphatic rings. The van der Waals surface area contributed by atoms with Gasteiger partial charge in [0, 0.05) is 37.8 Å². The van der Waals surface area contributed by atoms with Crippen LogP contribution in [-0.2, 0) is 9.59 Å². The van der Waals surface area contributed by atoms with Crippen molar-refractivity contribution in [1.29, 1.82) is 0 Å². The van der Waals surface area contributed by atoms with Crippen molar-refractivity contribution < 1.29 is 14.0 Å². The highest BCUT2D eigenvalue weighted by atomic mass is 79.9. The van der Waals surface area contributed by atoms with Crippen molar-refractivity contribution in [3.63, 3.8) is 0 Å². The molecule has 3 aromatic heterocycles. The van der Waals surface area contributed by atoms with Crippen LogP contribution in [0.1, 0.15) is 26.2 Å². The number of oxazole rings is 1. The molecule has 2 atom stereocenters. The molecule has 0 unspecified atom stereocenters. The van der Waals surface area contributed by atoms with Gasteiger partial charge in [-0.2, -0.15) is 10.1 Å². The number of carbonyl (C=O) groups excluding carboxylic acids is 2. The van der Waals surface area contributed by atoms with E-state index in [9.17, 15) is 9.59 Å². The van der Waals surface area contributed by atoms with Crippen LogP contribution in [0.5, 0.6) is 0 Å². The largest absolute Gasteiger partial charge is 0.444 e. The fourth-order valence-corrected chi connectivity index (χ4v) is 5.63. The highest BCUT2D eigenvalue weighted by Crippen LogP contribution is 2.39. The number of anilines is 2. The van der Waals surface area contributed by atoms with Crippen molar-refractivity contribution >= 4 is 50.4 Å². The first kappa shape index (κ1) is 25.4. The van der Waals surface area contributed by atoms with Crippen molar-refractivity contribution in [3.8, 4) is 17.1 Å². The molecule has 4 aromatic rings. The number of rotatable bonds is 7. The molecule has 1 aromatic carbocycles. The van der Waals surface area contributed by atoms with Gasteiger partial charge >= 0.3 is 0 Å². The maximum absolute atomic E-state index is 12.8. The third-order valence-electron chi connectivity index (χ3n) is 7.55. The van der Waals surface area contributed by atoms with Gasteiger partial charge in [0.05, 0.1) is 34.4 Å². The second kappa shape index (κ2) is 10.0. The van der Waals surface area contributed by atoms with Crippen molar-refractivity contribution in [2.45, 2.75) is 32.2 Å². The molecular weight excluding hydrogens is 566 g/mol. The highest BCUT2D eigenvalue weighted by Gasteiger charge is 2.41. The molecule has 4 heterocycles. The first-order chi connectivity index (χ1) is 18.8. The number of hydrogen-bond acceptors (Lipinski definition) is 9. The van der Waals surface area contributed by atoms with Gasteiger partial charge in [-0.1, -0.05) is 6.92 Å². The quantitative estimate of drug-likeness (QED) is 0.253. The van der Waals surface area contributed by atoms with E-state index in [1.165, 1.54) is 6.26 Å². The van der Waals surface area contributed by atoms with E-state index in [0.29, 0.717) is 58.5 Å². The molecule has 1 saturated heterocycles. The van der Waals surface area contributed by atoms with Crippen molar-refractivity contribution in [2.24, 2.45) is 11.3 Å². The molecule has 1 saturated carbocycles. The summed E-state index contributed by atoms with van der Waals surface area (Å²) in [5, 5.41) is 17.7. The van der Waals surface area contributed by atoms with Crippen LogP contribution >= 0.6 is 15.9 Å². The summed E-state index contributed by atoms with van der Waals surface area (Å²) in [6, 6.07) is 5.63. The summed E-state index contributed by atoms with van der Waals surface area (Å²) in [7, 11) is 1.67. The number of hydrogen-bond donors (Lipinski definition) is 4. The molecule has 13 heteroatoms. The molecule has 12 nitrogen and oxygen atoms in total.